The third-order valence-electron chi connectivity index (χ3n) is 3.08. The molecule has 1 aromatic carbocycles. The molecule has 0 spiro atoms. The van der Waals surface area contributed by atoms with E-state index in [-0.39, 0.29) is 11.9 Å². The molecule has 0 aliphatic carbocycles. The number of rotatable bonds is 5. The zero-order valence-corrected chi connectivity index (χ0v) is 14.0. The Morgan fingerprint density at radius 1 is 1.41 bits per heavy atom. The van der Waals surface area contributed by atoms with Crippen LogP contribution < -0.4 is 5.32 Å². The quantitative estimate of drug-likeness (QED) is 0.899. The van der Waals surface area contributed by atoms with Crippen LogP contribution in [-0.2, 0) is 4.74 Å². The molecule has 0 saturated carbocycles. The fraction of sp³-hybridized carbons (Fsp3) is 0.333. The Balaban J connectivity index is 2.42. The van der Waals surface area contributed by atoms with Crippen molar-refractivity contribution in [1.29, 1.82) is 0 Å². The molecule has 1 amide bonds. The lowest BCUT2D eigenvalue weighted by molar-refractivity contribution is 0.0904. The molecule has 0 saturated heterocycles. The SMILES string of the molecule is COCC(C)NC(=O)c1c(-c2c(Cl)cccc2Cl)noc1C. The van der Waals surface area contributed by atoms with Crippen molar-refractivity contribution in [2.75, 3.05) is 13.7 Å². The summed E-state index contributed by atoms with van der Waals surface area (Å²) in [6.07, 6.45) is 0. The number of hydrogen-bond donors (Lipinski definition) is 1. The third-order valence-corrected chi connectivity index (χ3v) is 3.71. The van der Waals surface area contributed by atoms with Gasteiger partial charge in [0.15, 0.2) is 0 Å². The van der Waals surface area contributed by atoms with Gasteiger partial charge in [0.25, 0.3) is 5.91 Å². The molecule has 2 aromatic rings. The summed E-state index contributed by atoms with van der Waals surface area (Å²) in [7, 11) is 1.57. The highest BCUT2D eigenvalue weighted by Crippen LogP contribution is 2.36. The molecule has 0 aliphatic heterocycles. The molecule has 1 unspecified atom stereocenters. The minimum Gasteiger partial charge on any atom is -0.383 e. The third kappa shape index (κ3) is 3.43. The van der Waals surface area contributed by atoms with E-state index in [1.807, 2.05) is 6.92 Å². The predicted molar refractivity (Wildman–Crippen MR) is 85.5 cm³/mol. The molecular formula is C15H16Cl2N2O3. The predicted octanol–water partition coefficient (Wildman–Crippen LogP) is 3.72. The van der Waals surface area contributed by atoms with E-state index in [9.17, 15) is 4.79 Å². The average molecular weight is 343 g/mol. The van der Waals surface area contributed by atoms with E-state index in [1.54, 1.807) is 32.2 Å². The van der Waals surface area contributed by atoms with Crippen LogP contribution in [0.5, 0.6) is 0 Å². The first-order chi connectivity index (χ1) is 10.5. The van der Waals surface area contributed by atoms with Crippen LogP contribution in [0.15, 0.2) is 22.7 Å². The second kappa shape index (κ2) is 7.13. The number of amides is 1. The molecule has 0 fully saturated rings. The number of aryl methyl sites for hydroxylation is 1. The number of hydrogen-bond acceptors (Lipinski definition) is 4. The largest absolute Gasteiger partial charge is 0.383 e. The monoisotopic (exact) mass is 342 g/mol. The molecule has 1 N–H and O–H groups in total. The Hall–Kier alpha value is -1.56. The molecule has 1 aromatic heterocycles. The lowest BCUT2D eigenvalue weighted by Gasteiger charge is -2.13. The molecular weight excluding hydrogens is 327 g/mol. The first-order valence-electron chi connectivity index (χ1n) is 6.66. The van der Waals surface area contributed by atoms with E-state index in [4.69, 9.17) is 32.5 Å². The fourth-order valence-electron chi connectivity index (χ4n) is 2.12. The maximum atomic E-state index is 12.5. The van der Waals surface area contributed by atoms with Gasteiger partial charge >= 0.3 is 0 Å². The van der Waals surface area contributed by atoms with Gasteiger partial charge in [0.2, 0.25) is 0 Å². The van der Waals surface area contributed by atoms with E-state index in [0.717, 1.165) is 0 Å². The van der Waals surface area contributed by atoms with Gasteiger partial charge < -0.3 is 14.6 Å². The summed E-state index contributed by atoms with van der Waals surface area (Å²) in [5.74, 6) is 0.0855. The van der Waals surface area contributed by atoms with Crippen molar-refractivity contribution >= 4 is 29.1 Å². The van der Waals surface area contributed by atoms with Crippen molar-refractivity contribution < 1.29 is 14.1 Å². The molecule has 1 atom stereocenters. The van der Waals surface area contributed by atoms with Gasteiger partial charge in [-0.1, -0.05) is 34.4 Å². The van der Waals surface area contributed by atoms with Crippen LogP contribution >= 0.6 is 23.2 Å². The highest BCUT2D eigenvalue weighted by Gasteiger charge is 2.25. The molecule has 118 valence electrons. The Morgan fingerprint density at radius 2 is 2.05 bits per heavy atom. The summed E-state index contributed by atoms with van der Waals surface area (Å²) in [6.45, 7) is 3.90. The summed E-state index contributed by atoms with van der Waals surface area (Å²) >= 11 is 12.4. The first kappa shape index (κ1) is 16.8. The van der Waals surface area contributed by atoms with Gasteiger partial charge in [-0.05, 0) is 26.0 Å². The summed E-state index contributed by atoms with van der Waals surface area (Å²) in [5, 5.41) is 7.57. The van der Waals surface area contributed by atoms with Crippen LogP contribution in [0.4, 0.5) is 0 Å². The maximum absolute atomic E-state index is 12.5. The smallest absolute Gasteiger partial charge is 0.257 e. The lowest BCUT2D eigenvalue weighted by Crippen LogP contribution is -2.36. The number of aromatic nitrogens is 1. The topological polar surface area (TPSA) is 64.4 Å². The number of benzene rings is 1. The number of halogens is 2. The van der Waals surface area contributed by atoms with E-state index >= 15 is 0 Å². The Labute approximate surface area is 138 Å². The van der Waals surface area contributed by atoms with Gasteiger partial charge in [0.05, 0.1) is 16.7 Å². The standard InChI is InChI=1S/C15H16Cl2N2O3/c1-8(7-21-3)18-15(20)12-9(2)22-19-14(12)13-10(16)5-4-6-11(13)17/h4-6,8H,7H2,1-3H3,(H,18,20). The zero-order valence-electron chi connectivity index (χ0n) is 12.4. The van der Waals surface area contributed by atoms with Gasteiger partial charge in [-0.3, -0.25) is 4.79 Å². The van der Waals surface area contributed by atoms with Crippen LogP contribution in [0.2, 0.25) is 10.0 Å². The maximum Gasteiger partial charge on any atom is 0.257 e. The first-order valence-corrected chi connectivity index (χ1v) is 7.41. The van der Waals surface area contributed by atoms with Gasteiger partial charge in [0, 0.05) is 18.7 Å². The fourth-order valence-corrected chi connectivity index (χ4v) is 2.70. The lowest BCUT2D eigenvalue weighted by atomic mass is 10.1. The number of carbonyl (C=O) groups excluding carboxylic acids is 1. The zero-order chi connectivity index (χ0) is 16.3. The van der Waals surface area contributed by atoms with Gasteiger partial charge in [0.1, 0.15) is 17.0 Å². The molecule has 22 heavy (non-hydrogen) atoms. The minimum absolute atomic E-state index is 0.152. The number of nitrogens with one attached hydrogen (secondary N) is 1. The molecule has 5 nitrogen and oxygen atoms in total. The van der Waals surface area contributed by atoms with Crippen molar-refractivity contribution in [1.82, 2.24) is 10.5 Å². The number of nitrogens with zero attached hydrogens (tertiary/aromatic N) is 1. The van der Waals surface area contributed by atoms with Crippen LogP contribution in [-0.4, -0.2) is 30.8 Å². The minimum atomic E-state index is -0.311. The Bertz CT molecular complexity index is 665. The summed E-state index contributed by atoms with van der Waals surface area (Å²) in [5.41, 5.74) is 1.13. The Kier molecular flexibility index (Phi) is 5.45. The highest BCUT2D eigenvalue weighted by molar-refractivity contribution is 6.39. The molecule has 7 heteroatoms. The number of carbonyl (C=O) groups is 1. The molecule has 0 bridgehead atoms. The van der Waals surface area contributed by atoms with Crippen LogP contribution in [0.1, 0.15) is 23.0 Å². The summed E-state index contributed by atoms with van der Waals surface area (Å²) in [6, 6.07) is 4.94. The van der Waals surface area contributed by atoms with Crippen LogP contribution in [0.3, 0.4) is 0 Å². The normalized spacial score (nSPS) is 12.2. The van der Waals surface area contributed by atoms with Crippen molar-refractivity contribution in [2.45, 2.75) is 19.9 Å². The highest BCUT2D eigenvalue weighted by atomic mass is 35.5. The molecule has 0 radical (unpaired) electrons. The Morgan fingerprint density at radius 3 is 2.64 bits per heavy atom. The number of ether oxygens (including phenoxy) is 1. The van der Waals surface area contributed by atoms with Gasteiger partial charge in [-0.25, -0.2) is 0 Å². The van der Waals surface area contributed by atoms with E-state index < -0.39 is 0 Å². The summed E-state index contributed by atoms with van der Waals surface area (Å²) < 4.78 is 10.2. The van der Waals surface area contributed by atoms with Crippen molar-refractivity contribution in [3.63, 3.8) is 0 Å². The molecule has 0 aliphatic rings. The van der Waals surface area contributed by atoms with Gasteiger partial charge in [-0.15, -0.1) is 0 Å². The average Bonchev–Trinajstić information content (AvgIpc) is 2.80. The second-order valence-corrected chi connectivity index (χ2v) is 5.70. The van der Waals surface area contributed by atoms with E-state index in [1.165, 1.54) is 0 Å². The summed E-state index contributed by atoms with van der Waals surface area (Å²) in [4.78, 5) is 12.5. The number of methoxy groups -OCH3 is 1. The van der Waals surface area contributed by atoms with Crippen molar-refractivity contribution in [3.05, 3.63) is 39.6 Å². The van der Waals surface area contributed by atoms with E-state index in [2.05, 4.69) is 10.5 Å². The van der Waals surface area contributed by atoms with Crippen molar-refractivity contribution in [3.8, 4) is 11.3 Å². The molecule has 2 rings (SSSR count). The second-order valence-electron chi connectivity index (χ2n) is 4.89. The van der Waals surface area contributed by atoms with E-state index in [0.29, 0.717) is 39.2 Å². The van der Waals surface area contributed by atoms with Gasteiger partial charge in [-0.2, -0.15) is 0 Å². The van der Waals surface area contributed by atoms with Crippen LogP contribution in [0.25, 0.3) is 11.3 Å². The van der Waals surface area contributed by atoms with Crippen molar-refractivity contribution in [2.24, 2.45) is 0 Å². The molecule has 1 heterocycles. The van der Waals surface area contributed by atoms with Crippen LogP contribution in [0, 0.1) is 6.92 Å².